The number of hydrogen-bond acceptors (Lipinski definition) is 5. The van der Waals surface area contributed by atoms with Gasteiger partial charge in [-0.2, -0.15) is 4.98 Å². The largest absolute Gasteiger partial charge is 0.368 e. The standard InChI is InChI=1S/C16H23BrN6.2ClH/c1-11-10-23(16-20-15(18)21-22-16)9-7-14(11)19-8-6-12-2-4-13(17)5-3-12;;/h2-5,11,14,19H,6-10H2,1H3,(H3,18,20,21,22);2*1H. The van der Waals surface area contributed by atoms with Crippen molar-refractivity contribution in [3.05, 3.63) is 34.3 Å². The Morgan fingerprint density at radius 3 is 2.64 bits per heavy atom. The van der Waals surface area contributed by atoms with Crippen molar-refractivity contribution in [2.75, 3.05) is 30.3 Å². The number of aromatic amines is 1. The Balaban J connectivity index is 0.00000156. The molecule has 2 heterocycles. The van der Waals surface area contributed by atoms with E-state index in [-0.39, 0.29) is 24.8 Å². The molecular formula is C16H25BrCl2N6. The van der Waals surface area contributed by atoms with Gasteiger partial charge in [0.15, 0.2) is 0 Å². The second kappa shape index (κ2) is 10.2. The summed E-state index contributed by atoms with van der Waals surface area (Å²) in [5.74, 6) is 1.64. The van der Waals surface area contributed by atoms with E-state index in [1.165, 1.54) is 5.56 Å². The van der Waals surface area contributed by atoms with Crippen LogP contribution in [0.25, 0.3) is 0 Å². The number of piperidine rings is 1. The number of anilines is 2. The second-order valence-electron chi connectivity index (χ2n) is 6.17. The van der Waals surface area contributed by atoms with Crippen molar-refractivity contribution in [1.82, 2.24) is 20.5 Å². The minimum atomic E-state index is 0. The van der Waals surface area contributed by atoms with E-state index >= 15 is 0 Å². The van der Waals surface area contributed by atoms with Gasteiger partial charge in [0.1, 0.15) is 0 Å². The predicted octanol–water partition coefficient (Wildman–Crippen LogP) is 3.04. The van der Waals surface area contributed by atoms with E-state index < -0.39 is 0 Å². The van der Waals surface area contributed by atoms with E-state index in [2.05, 4.69) is 72.5 Å². The molecule has 0 amide bonds. The summed E-state index contributed by atoms with van der Waals surface area (Å²) in [6.07, 6.45) is 2.15. The monoisotopic (exact) mass is 450 g/mol. The minimum Gasteiger partial charge on any atom is -0.368 e. The van der Waals surface area contributed by atoms with Crippen LogP contribution in [0.5, 0.6) is 0 Å². The van der Waals surface area contributed by atoms with Crippen LogP contribution in [0.4, 0.5) is 11.9 Å². The van der Waals surface area contributed by atoms with E-state index in [1.807, 2.05) is 0 Å². The van der Waals surface area contributed by atoms with Crippen LogP contribution >= 0.6 is 40.7 Å². The highest BCUT2D eigenvalue weighted by atomic mass is 79.9. The second-order valence-corrected chi connectivity index (χ2v) is 7.09. The molecule has 1 fully saturated rings. The Labute approximate surface area is 169 Å². The van der Waals surface area contributed by atoms with Crippen molar-refractivity contribution in [2.24, 2.45) is 5.92 Å². The van der Waals surface area contributed by atoms with Gasteiger partial charge < -0.3 is 16.0 Å². The van der Waals surface area contributed by atoms with Gasteiger partial charge in [0.25, 0.3) is 0 Å². The van der Waals surface area contributed by atoms with E-state index in [1.54, 1.807) is 0 Å². The smallest absolute Gasteiger partial charge is 0.246 e. The minimum absolute atomic E-state index is 0. The third kappa shape index (κ3) is 6.02. The van der Waals surface area contributed by atoms with Gasteiger partial charge in [-0.15, -0.1) is 29.9 Å². The number of nitrogens with two attached hydrogens (primary N) is 1. The van der Waals surface area contributed by atoms with Gasteiger partial charge in [0.05, 0.1) is 0 Å². The molecule has 0 saturated carbocycles. The number of hydrogen-bond donors (Lipinski definition) is 3. The van der Waals surface area contributed by atoms with Crippen LogP contribution < -0.4 is 16.0 Å². The van der Waals surface area contributed by atoms with Crippen molar-refractivity contribution >= 4 is 52.6 Å². The Morgan fingerprint density at radius 1 is 1.32 bits per heavy atom. The summed E-state index contributed by atoms with van der Waals surface area (Å²) in [5, 5.41) is 10.6. The fourth-order valence-corrected chi connectivity index (χ4v) is 3.35. The van der Waals surface area contributed by atoms with Crippen molar-refractivity contribution < 1.29 is 0 Å². The molecule has 2 aromatic rings. The number of H-pyrrole nitrogens is 1. The summed E-state index contributed by atoms with van der Waals surface area (Å²) < 4.78 is 1.13. The molecule has 1 aliphatic heterocycles. The number of nitrogens with zero attached hydrogens (tertiary/aromatic N) is 3. The maximum absolute atomic E-state index is 5.61. The molecule has 0 radical (unpaired) electrons. The molecule has 2 atom stereocenters. The zero-order chi connectivity index (χ0) is 16.2. The molecule has 25 heavy (non-hydrogen) atoms. The number of aromatic nitrogens is 3. The summed E-state index contributed by atoms with van der Waals surface area (Å²) in [6, 6.07) is 9.08. The zero-order valence-corrected chi connectivity index (χ0v) is 17.3. The third-order valence-corrected chi connectivity index (χ3v) is 4.94. The molecule has 6 nitrogen and oxygen atoms in total. The van der Waals surface area contributed by atoms with Crippen LogP contribution in [0.1, 0.15) is 18.9 Å². The summed E-state index contributed by atoms with van der Waals surface area (Å²) in [4.78, 5) is 6.41. The summed E-state index contributed by atoms with van der Waals surface area (Å²) >= 11 is 3.47. The van der Waals surface area contributed by atoms with E-state index in [9.17, 15) is 0 Å². The molecule has 1 saturated heterocycles. The van der Waals surface area contributed by atoms with Crippen LogP contribution in [0.2, 0.25) is 0 Å². The van der Waals surface area contributed by atoms with E-state index in [0.29, 0.717) is 23.9 Å². The average Bonchev–Trinajstić information content (AvgIpc) is 2.97. The van der Waals surface area contributed by atoms with E-state index in [0.717, 1.165) is 36.9 Å². The fraction of sp³-hybridized carbons (Fsp3) is 0.500. The molecule has 1 aliphatic rings. The van der Waals surface area contributed by atoms with Crippen LogP contribution in [0.3, 0.4) is 0 Å². The maximum Gasteiger partial charge on any atom is 0.246 e. The lowest BCUT2D eigenvalue weighted by molar-refractivity contribution is 0.321. The lowest BCUT2D eigenvalue weighted by Crippen LogP contribution is -2.49. The molecule has 0 aliphatic carbocycles. The SMILES string of the molecule is CC1CN(c2n[nH]c(N)n2)CCC1NCCc1ccc(Br)cc1.Cl.Cl. The molecule has 0 bridgehead atoms. The van der Waals surface area contributed by atoms with Gasteiger partial charge in [-0.25, -0.2) is 5.10 Å². The van der Waals surface area contributed by atoms with Gasteiger partial charge in [-0.1, -0.05) is 35.0 Å². The van der Waals surface area contributed by atoms with Gasteiger partial charge >= 0.3 is 0 Å². The first kappa shape index (κ1) is 22.0. The van der Waals surface area contributed by atoms with Gasteiger partial charge in [-0.05, 0) is 43.0 Å². The predicted molar refractivity (Wildman–Crippen MR) is 111 cm³/mol. The highest BCUT2D eigenvalue weighted by Crippen LogP contribution is 2.21. The van der Waals surface area contributed by atoms with Crippen LogP contribution in [-0.4, -0.2) is 40.9 Å². The lowest BCUT2D eigenvalue weighted by Gasteiger charge is -2.36. The molecule has 2 unspecified atom stereocenters. The highest BCUT2D eigenvalue weighted by Gasteiger charge is 2.27. The number of halogens is 3. The molecule has 4 N–H and O–H groups in total. The van der Waals surface area contributed by atoms with Crippen LogP contribution in [-0.2, 0) is 6.42 Å². The summed E-state index contributed by atoms with van der Waals surface area (Å²) in [6.45, 7) is 5.19. The number of nitrogen functional groups attached to an aromatic ring is 1. The topological polar surface area (TPSA) is 82.9 Å². The van der Waals surface area contributed by atoms with Crippen molar-refractivity contribution in [1.29, 1.82) is 0 Å². The molecule has 3 rings (SSSR count). The van der Waals surface area contributed by atoms with Crippen molar-refractivity contribution in [2.45, 2.75) is 25.8 Å². The molecule has 1 aromatic heterocycles. The van der Waals surface area contributed by atoms with Gasteiger partial charge in [0.2, 0.25) is 11.9 Å². The number of nitrogens with one attached hydrogen (secondary N) is 2. The third-order valence-electron chi connectivity index (χ3n) is 4.41. The first-order valence-corrected chi connectivity index (χ1v) is 8.82. The Bertz CT molecular complexity index is 636. The lowest BCUT2D eigenvalue weighted by atomic mass is 9.94. The number of benzene rings is 1. The zero-order valence-electron chi connectivity index (χ0n) is 14.1. The number of rotatable bonds is 5. The maximum atomic E-state index is 5.61. The molecule has 9 heteroatoms. The first-order chi connectivity index (χ1) is 11.1. The first-order valence-electron chi connectivity index (χ1n) is 8.02. The van der Waals surface area contributed by atoms with Crippen molar-refractivity contribution in [3.8, 4) is 0 Å². The average molecular weight is 452 g/mol. The quantitative estimate of drug-likeness (QED) is 0.650. The Kier molecular flexibility index (Phi) is 8.99. The van der Waals surface area contributed by atoms with Gasteiger partial charge in [0, 0.05) is 23.6 Å². The summed E-state index contributed by atoms with van der Waals surface area (Å²) in [5.41, 5.74) is 6.97. The van der Waals surface area contributed by atoms with E-state index in [4.69, 9.17) is 5.73 Å². The van der Waals surface area contributed by atoms with Crippen molar-refractivity contribution in [3.63, 3.8) is 0 Å². The fourth-order valence-electron chi connectivity index (χ4n) is 3.09. The van der Waals surface area contributed by atoms with Crippen LogP contribution in [0.15, 0.2) is 28.7 Å². The van der Waals surface area contributed by atoms with Gasteiger partial charge in [-0.3, -0.25) is 0 Å². The molecule has 1 aromatic carbocycles. The molecule has 140 valence electrons. The Morgan fingerprint density at radius 2 is 2.04 bits per heavy atom. The Hall–Kier alpha value is -1.02. The molecule has 0 spiro atoms. The highest BCUT2D eigenvalue weighted by molar-refractivity contribution is 9.10. The summed E-state index contributed by atoms with van der Waals surface area (Å²) in [7, 11) is 0. The molecular weight excluding hydrogens is 427 g/mol. The van der Waals surface area contributed by atoms with Crippen LogP contribution in [0, 0.1) is 5.92 Å². The normalized spacial score (nSPS) is 19.8.